The molecule has 0 bridgehead atoms. The van der Waals surface area contributed by atoms with Crippen LogP contribution in [0, 0.1) is 0 Å². The molecule has 46 heavy (non-hydrogen) atoms. The van der Waals surface area contributed by atoms with E-state index >= 15 is 0 Å². The normalized spacial score (nSPS) is 15.5. The predicted molar refractivity (Wildman–Crippen MR) is 198 cm³/mol. The van der Waals surface area contributed by atoms with Gasteiger partial charge in [-0.25, -0.2) is 0 Å². The minimum atomic E-state index is 0.309. The van der Waals surface area contributed by atoms with Crippen molar-refractivity contribution in [1.29, 1.82) is 0 Å². The van der Waals surface area contributed by atoms with Crippen molar-refractivity contribution in [3.63, 3.8) is 0 Å². The van der Waals surface area contributed by atoms with E-state index in [0.29, 0.717) is 5.92 Å². The van der Waals surface area contributed by atoms with E-state index in [1.54, 1.807) is 0 Å². The molecule has 0 radical (unpaired) electrons. The number of rotatable bonds is 7. The van der Waals surface area contributed by atoms with Crippen molar-refractivity contribution in [2.24, 2.45) is 0 Å². The largest absolute Gasteiger partial charge is 0.460 e. The molecule has 0 saturated heterocycles. The summed E-state index contributed by atoms with van der Waals surface area (Å²) in [6.45, 7) is 2.29. The van der Waals surface area contributed by atoms with E-state index in [4.69, 9.17) is 4.42 Å². The van der Waals surface area contributed by atoms with E-state index in [0.717, 1.165) is 42.7 Å². The monoisotopic (exact) mass is 615 g/mol. The molecule has 1 unspecified atom stereocenters. The summed E-state index contributed by atoms with van der Waals surface area (Å²) in [7, 11) is 0. The van der Waals surface area contributed by atoms with E-state index in [1.807, 2.05) is 11.8 Å². The standard InChI is InChI=1S/C43H37NOS/c1-29(13-6-7-16-30-14-4-3-5-15-30)33-19-12-20-34(43(33)46-2)31-23-25-32(26-24-31)44-38-21-10-8-18-37(38)41-39(44)28-27-36-35-17-9-11-22-40(35)45-42(36)41/h3-4,6-10,12-14,16-21,23-29H,5,11,15,22H2,1-2H3/b13-6-,16-7?. The number of nitrogens with zero attached hydrogens (tertiary/aromatic N) is 1. The van der Waals surface area contributed by atoms with Gasteiger partial charge in [0, 0.05) is 39.3 Å². The maximum atomic E-state index is 6.57. The third kappa shape index (κ3) is 5.00. The number of allylic oxidation sites excluding steroid dienone is 9. The smallest absolute Gasteiger partial charge is 0.144 e. The molecule has 226 valence electrons. The molecule has 0 amide bonds. The lowest BCUT2D eigenvalue weighted by Gasteiger charge is -2.17. The number of hydrogen-bond donors (Lipinski definition) is 0. The highest BCUT2D eigenvalue weighted by Gasteiger charge is 2.21. The first-order valence-corrected chi connectivity index (χ1v) is 17.6. The van der Waals surface area contributed by atoms with Crippen molar-refractivity contribution in [2.45, 2.75) is 43.4 Å². The Morgan fingerprint density at radius 3 is 2.54 bits per heavy atom. The molecular formula is C43H37NOS. The molecule has 4 aromatic carbocycles. The van der Waals surface area contributed by atoms with E-state index in [9.17, 15) is 0 Å². The average molecular weight is 616 g/mol. The Balaban J connectivity index is 1.15. The second-order valence-electron chi connectivity index (χ2n) is 12.3. The number of hydrogen-bond acceptors (Lipinski definition) is 2. The summed E-state index contributed by atoms with van der Waals surface area (Å²) < 4.78 is 8.96. The third-order valence-electron chi connectivity index (χ3n) is 9.47. The number of aryl methyl sites for hydroxylation is 1. The summed E-state index contributed by atoms with van der Waals surface area (Å²) in [5.41, 5.74) is 11.0. The van der Waals surface area contributed by atoms with Gasteiger partial charge in [-0.3, -0.25) is 0 Å². The lowest BCUT2D eigenvalue weighted by atomic mass is 9.95. The molecule has 0 N–H and O–H groups in total. The van der Waals surface area contributed by atoms with Crippen LogP contribution in [0.5, 0.6) is 0 Å². The Hall–Kier alpha value is -4.73. The number of benzene rings is 4. The lowest BCUT2D eigenvalue weighted by Crippen LogP contribution is -1.96. The maximum Gasteiger partial charge on any atom is 0.144 e. The fourth-order valence-corrected chi connectivity index (χ4v) is 8.07. The van der Waals surface area contributed by atoms with Gasteiger partial charge in [0.15, 0.2) is 0 Å². The Morgan fingerprint density at radius 2 is 1.70 bits per heavy atom. The zero-order valence-electron chi connectivity index (χ0n) is 26.4. The predicted octanol–water partition coefficient (Wildman–Crippen LogP) is 12.4. The summed E-state index contributed by atoms with van der Waals surface area (Å²) in [5.74, 6) is 1.41. The minimum absolute atomic E-state index is 0.309. The first-order chi connectivity index (χ1) is 22.7. The molecule has 2 aliphatic carbocycles. The van der Waals surface area contributed by atoms with Gasteiger partial charge in [-0.2, -0.15) is 0 Å². The minimum Gasteiger partial charge on any atom is -0.460 e. The number of fused-ring (bicyclic) bond motifs is 7. The maximum absolute atomic E-state index is 6.57. The van der Waals surface area contributed by atoms with Gasteiger partial charge in [-0.05, 0) is 78.1 Å². The van der Waals surface area contributed by atoms with E-state index in [1.165, 1.54) is 59.9 Å². The second kappa shape index (κ2) is 12.2. The van der Waals surface area contributed by atoms with Crippen molar-refractivity contribution in [2.75, 3.05) is 6.26 Å². The van der Waals surface area contributed by atoms with Gasteiger partial charge < -0.3 is 8.98 Å². The number of aromatic nitrogens is 1. The van der Waals surface area contributed by atoms with Crippen molar-refractivity contribution >= 4 is 50.6 Å². The first kappa shape index (κ1) is 28.7. The molecule has 0 saturated carbocycles. The van der Waals surface area contributed by atoms with Gasteiger partial charge in [0.05, 0.1) is 16.4 Å². The average Bonchev–Trinajstić information content (AvgIpc) is 3.66. The Bertz CT molecular complexity index is 2250. The van der Waals surface area contributed by atoms with Crippen LogP contribution in [0.1, 0.15) is 49.0 Å². The van der Waals surface area contributed by atoms with Crippen LogP contribution in [-0.2, 0) is 6.42 Å². The van der Waals surface area contributed by atoms with Crippen molar-refractivity contribution in [1.82, 2.24) is 4.57 Å². The molecule has 0 spiro atoms. The molecule has 2 aliphatic rings. The van der Waals surface area contributed by atoms with Crippen molar-refractivity contribution in [3.05, 3.63) is 150 Å². The summed E-state index contributed by atoms with van der Waals surface area (Å²) in [6, 6.07) is 29.0. The van der Waals surface area contributed by atoms with E-state index in [-0.39, 0.29) is 0 Å². The summed E-state index contributed by atoms with van der Waals surface area (Å²) in [4.78, 5) is 1.34. The van der Waals surface area contributed by atoms with Crippen LogP contribution in [0.3, 0.4) is 0 Å². The van der Waals surface area contributed by atoms with Gasteiger partial charge in [0.1, 0.15) is 11.3 Å². The molecule has 8 rings (SSSR count). The molecule has 1 atom stereocenters. The third-order valence-corrected chi connectivity index (χ3v) is 10.3. The Kier molecular flexibility index (Phi) is 7.63. The Morgan fingerprint density at radius 1 is 0.826 bits per heavy atom. The van der Waals surface area contributed by atoms with Crippen molar-refractivity contribution in [3.8, 4) is 16.8 Å². The van der Waals surface area contributed by atoms with E-state index < -0.39 is 0 Å². The van der Waals surface area contributed by atoms with Crippen molar-refractivity contribution < 1.29 is 4.42 Å². The van der Waals surface area contributed by atoms with Crippen LogP contribution in [0.25, 0.3) is 55.7 Å². The van der Waals surface area contributed by atoms with Gasteiger partial charge >= 0.3 is 0 Å². The molecule has 0 aliphatic heterocycles. The van der Waals surface area contributed by atoms with Crippen LogP contribution < -0.4 is 0 Å². The highest BCUT2D eigenvalue weighted by molar-refractivity contribution is 7.98. The molecule has 3 heteroatoms. The van der Waals surface area contributed by atoms with Crippen LogP contribution in [-0.4, -0.2) is 10.8 Å². The topological polar surface area (TPSA) is 18.1 Å². The van der Waals surface area contributed by atoms with Crippen LogP contribution in [0.4, 0.5) is 0 Å². The van der Waals surface area contributed by atoms with Gasteiger partial charge in [-0.15, -0.1) is 11.8 Å². The van der Waals surface area contributed by atoms with Crippen LogP contribution in [0.15, 0.2) is 142 Å². The van der Waals surface area contributed by atoms with Gasteiger partial charge in [0.2, 0.25) is 0 Å². The molecule has 2 heterocycles. The SMILES string of the molecule is CSc1c(-c2ccc(-n3c4ccccc4c4c5oc6c(c5ccc43)C=CCC6)cc2)cccc1C(C)/C=C\C=CC1=CC=CCC1. The second-order valence-corrected chi connectivity index (χ2v) is 13.1. The summed E-state index contributed by atoms with van der Waals surface area (Å²) in [6.07, 6.45) is 26.4. The zero-order valence-corrected chi connectivity index (χ0v) is 27.2. The fraction of sp³-hybridized carbons (Fsp3) is 0.163. The van der Waals surface area contributed by atoms with E-state index in [2.05, 4.69) is 151 Å². The molecule has 2 nitrogen and oxygen atoms in total. The molecule has 0 fully saturated rings. The fourth-order valence-electron chi connectivity index (χ4n) is 7.17. The zero-order chi connectivity index (χ0) is 31.0. The number of thioether (sulfide) groups is 1. The Labute approximate surface area is 275 Å². The van der Waals surface area contributed by atoms with Gasteiger partial charge in [0.25, 0.3) is 0 Å². The molecule has 6 aromatic rings. The van der Waals surface area contributed by atoms with Gasteiger partial charge in [-0.1, -0.05) is 110 Å². The number of furan rings is 1. The highest BCUT2D eigenvalue weighted by atomic mass is 32.2. The molecule has 2 aromatic heterocycles. The van der Waals surface area contributed by atoms with Crippen LogP contribution >= 0.6 is 11.8 Å². The van der Waals surface area contributed by atoms with Crippen LogP contribution in [0.2, 0.25) is 0 Å². The first-order valence-electron chi connectivity index (χ1n) is 16.3. The summed E-state index contributed by atoms with van der Waals surface area (Å²) in [5, 5.41) is 3.63. The number of para-hydroxylation sites is 1. The quantitative estimate of drug-likeness (QED) is 0.131. The lowest BCUT2D eigenvalue weighted by molar-refractivity contribution is 0.549. The summed E-state index contributed by atoms with van der Waals surface area (Å²) >= 11 is 1.84. The molecular weight excluding hydrogens is 579 g/mol. The highest BCUT2D eigenvalue weighted by Crippen LogP contribution is 2.42.